The zero-order valence-electron chi connectivity index (χ0n) is 8.84. The highest BCUT2D eigenvalue weighted by Gasteiger charge is 2.11. The Labute approximate surface area is 96.8 Å². The third-order valence-corrected chi connectivity index (χ3v) is 2.51. The van der Waals surface area contributed by atoms with Crippen LogP contribution < -0.4 is 11.1 Å². The molecule has 0 fully saturated rings. The summed E-state index contributed by atoms with van der Waals surface area (Å²) in [5.74, 6) is 0. The van der Waals surface area contributed by atoms with Gasteiger partial charge in [0.2, 0.25) is 0 Å². The molecule has 4 nitrogen and oxygen atoms in total. The fourth-order valence-electron chi connectivity index (χ4n) is 1.70. The normalized spacial score (nSPS) is 14.0. The third kappa shape index (κ3) is 1.69. The van der Waals surface area contributed by atoms with E-state index in [1.165, 1.54) is 6.26 Å². The molecular weight excluding hydrogens is 218 g/mol. The highest BCUT2D eigenvalue weighted by Crippen LogP contribution is 2.17. The van der Waals surface area contributed by atoms with E-state index in [4.69, 9.17) is 9.25 Å². The summed E-state index contributed by atoms with van der Waals surface area (Å²) in [6, 6.07) is 9.16. The van der Waals surface area contributed by atoms with Crippen molar-refractivity contribution in [2.45, 2.75) is 0 Å². The van der Waals surface area contributed by atoms with Crippen LogP contribution in [-0.2, 0) is 4.84 Å². The van der Waals surface area contributed by atoms with Gasteiger partial charge in [-0.15, -0.1) is 0 Å². The number of hydroxylamine groups is 1. The molecule has 17 heavy (non-hydrogen) atoms. The second-order valence-electron chi connectivity index (χ2n) is 3.61. The van der Waals surface area contributed by atoms with Gasteiger partial charge in [0, 0.05) is 5.39 Å². The molecule has 1 aromatic carbocycles. The molecule has 3 rings (SSSR count). The molecule has 1 N–H and O–H groups in total. The quantitative estimate of drug-likeness (QED) is 0.758. The van der Waals surface area contributed by atoms with E-state index in [0.29, 0.717) is 16.8 Å². The van der Waals surface area contributed by atoms with Crippen LogP contribution in [0.1, 0.15) is 5.56 Å². The van der Waals surface area contributed by atoms with Gasteiger partial charge in [-0.05, 0) is 24.3 Å². The maximum atomic E-state index is 11.8. The van der Waals surface area contributed by atoms with Crippen LogP contribution in [0, 0.1) is 0 Å². The Bertz CT molecular complexity index is 682. The molecule has 0 spiro atoms. The Morgan fingerprint density at radius 3 is 2.88 bits per heavy atom. The lowest BCUT2D eigenvalue weighted by Crippen LogP contribution is -2.18. The molecule has 1 aromatic heterocycles. The molecular formula is C13H9NO3. The molecule has 4 heteroatoms. The van der Waals surface area contributed by atoms with Crippen LogP contribution in [0.2, 0.25) is 0 Å². The molecule has 0 saturated carbocycles. The zero-order valence-corrected chi connectivity index (χ0v) is 8.84. The van der Waals surface area contributed by atoms with Gasteiger partial charge in [0.1, 0.15) is 11.8 Å². The Morgan fingerprint density at radius 1 is 1.18 bits per heavy atom. The summed E-state index contributed by atoms with van der Waals surface area (Å²) in [5, 5.41) is 0.874. The van der Waals surface area contributed by atoms with Gasteiger partial charge in [-0.2, -0.15) is 0 Å². The van der Waals surface area contributed by atoms with Crippen molar-refractivity contribution >= 4 is 16.7 Å². The summed E-state index contributed by atoms with van der Waals surface area (Å²) < 4.78 is 5.23. The molecule has 0 radical (unpaired) electrons. The predicted octanol–water partition coefficient (Wildman–Crippen LogP) is 2.18. The minimum atomic E-state index is -0.388. The Balaban J connectivity index is 2.23. The van der Waals surface area contributed by atoms with Crippen LogP contribution in [0.4, 0.5) is 0 Å². The van der Waals surface area contributed by atoms with Crippen LogP contribution in [0.15, 0.2) is 58.0 Å². The molecule has 0 bridgehead atoms. The molecule has 0 aliphatic carbocycles. The van der Waals surface area contributed by atoms with Crippen LogP contribution in [0.3, 0.4) is 0 Å². The lowest BCUT2D eigenvalue weighted by Gasteiger charge is -2.11. The summed E-state index contributed by atoms with van der Waals surface area (Å²) in [4.78, 5) is 16.7. The minimum absolute atomic E-state index is 0.388. The molecule has 1 aliphatic rings. The Morgan fingerprint density at radius 2 is 2.06 bits per heavy atom. The van der Waals surface area contributed by atoms with E-state index in [1.807, 2.05) is 18.2 Å². The number of benzene rings is 1. The highest BCUT2D eigenvalue weighted by molar-refractivity contribution is 5.80. The van der Waals surface area contributed by atoms with Crippen molar-refractivity contribution in [3.63, 3.8) is 0 Å². The monoisotopic (exact) mass is 227 g/mol. The second kappa shape index (κ2) is 3.83. The molecule has 2 aromatic rings. The molecule has 2 heterocycles. The number of nitrogens with one attached hydrogen (secondary N) is 1. The first-order valence-corrected chi connectivity index (χ1v) is 5.16. The lowest BCUT2D eigenvalue weighted by atomic mass is 10.1. The summed E-state index contributed by atoms with van der Waals surface area (Å²) in [7, 11) is 0. The van der Waals surface area contributed by atoms with Crippen molar-refractivity contribution < 1.29 is 9.25 Å². The Kier molecular flexibility index (Phi) is 2.19. The number of para-hydroxylation sites is 1. The molecule has 0 amide bonds. The van der Waals surface area contributed by atoms with E-state index in [1.54, 1.807) is 24.3 Å². The average molecular weight is 227 g/mol. The maximum absolute atomic E-state index is 11.8. The fourth-order valence-corrected chi connectivity index (χ4v) is 1.70. The van der Waals surface area contributed by atoms with Gasteiger partial charge >= 0.3 is 5.63 Å². The van der Waals surface area contributed by atoms with Gasteiger partial charge < -0.3 is 9.25 Å². The van der Waals surface area contributed by atoms with Crippen molar-refractivity contribution in [3.05, 3.63) is 64.7 Å². The van der Waals surface area contributed by atoms with Gasteiger partial charge in [0.15, 0.2) is 0 Å². The van der Waals surface area contributed by atoms with E-state index >= 15 is 0 Å². The maximum Gasteiger partial charge on any atom is 0.345 e. The number of hydrogen-bond donors (Lipinski definition) is 1. The van der Waals surface area contributed by atoms with Gasteiger partial charge in [0.05, 0.1) is 11.3 Å². The molecule has 0 unspecified atom stereocenters. The Hall–Kier alpha value is -2.49. The van der Waals surface area contributed by atoms with E-state index in [9.17, 15) is 4.79 Å². The summed E-state index contributed by atoms with van der Waals surface area (Å²) in [5.41, 5.74) is 3.89. The van der Waals surface area contributed by atoms with Gasteiger partial charge in [-0.25, -0.2) is 10.3 Å². The first-order chi connectivity index (χ1) is 8.34. The van der Waals surface area contributed by atoms with Crippen molar-refractivity contribution in [2.24, 2.45) is 0 Å². The van der Waals surface area contributed by atoms with E-state index in [0.717, 1.165) is 5.39 Å². The largest absolute Gasteiger partial charge is 0.422 e. The van der Waals surface area contributed by atoms with Crippen molar-refractivity contribution in [1.29, 1.82) is 0 Å². The van der Waals surface area contributed by atoms with Crippen molar-refractivity contribution in [3.8, 4) is 0 Å². The molecule has 0 atom stereocenters. The molecule has 1 aliphatic heterocycles. The smallest absolute Gasteiger partial charge is 0.345 e. The average Bonchev–Trinajstić information content (AvgIpc) is 2.39. The van der Waals surface area contributed by atoms with Crippen LogP contribution in [0.5, 0.6) is 0 Å². The standard InChI is InChI=1S/C13H9NO3/c15-13-10(11-5-3-7-16-14-11)8-9-4-1-2-6-12(9)17-13/h1-8,14H. The second-order valence-corrected chi connectivity index (χ2v) is 3.61. The van der Waals surface area contributed by atoms with Gasteiger partial charge in [-0.3, -0.25) is 0 Å². The number of rotatable bonds is 1. The van der Waals surface area contributed by atoms with Crippen molar-refractivity contribution in [2.75, 3.05) is 0 Å². The first kappa shape index (κ1) is 9.72. The number of fused-ring (bicyclic) bond motifs is 1. The number of hydrogen-bond acceptors (Lipinski definition) is 4. The van der Waals surface area contributed by atoms with Crippen LogP contribution in [0.25, 0.3) is 16.7 Å². The van der Waals surface area contributed by atoms with Crippen LogP contribution in [-0.4, -0.2) is 0 Å². The van der Waals surface area contributed by atoms with E-state index < -0.39 is 0 Å². The molecule has 84 valence electrons. The summed E-state index contributed by atoms with van der Waals surface area (Å²) in [6.45, 7) is 0. The fraction of sp³-hybridized carbons (Fsp3) is 0. The SMILES string of the molecule is O=c1oc2ccccc2cc1C1=CC=CON1. The van der Waals surface area contributed by atoms with Crippen molar-refractivity contribution in [1.82, 2.24) is 5.48 Å². The summed E-state index contributed by atoms with van der Waals surface area (Å²) in [6.07, 6.45) is 4.96. The van der Waals surface area contributed by atoms with Crippen LogP contribution >= 0.6 is 0 Å². The first-order valence-electron chi connectivity index (χ1n) is 5.16. The lowest BCUT2D eigenvalue weighted by molar-refractivity contribution is 0.181. The highest BCUT2D eigenvalue weighted by atomic mass is 16.6. The topological polar surface area (TPSA) is 51.5 Å². The predicted molar refractivity (Wildman–Crippen MR) is 63.8 cm³/mol. The van der Waals surface area contributed by atoms with Gasteiger partial charge in [0.25, 0.3) is 0 Å². The minimum Gasteiger partial charge on any atom is -0.422 e. The third-order valence-electron chi connectivity index (χ3n) is 2.51. The zero-order chi connectivity index (χ0) is 11.7. The van der Waals surface area contributed by atoms with E-state index in [2.05, 4.69) is 5.48 Å². The van der Waals surface area contributed by atoms with Gasteiger partial charge in [-0.1, -0.05) is 18.2 Å². The van der Waals surface area contributed by atoms with E-state index in [-0.39, 0.29) is 5.63 Å². The number of allylic oxidation sites excluding steroid dienone is 2. The molecule has 0 saturated heterocycles. The summed E-state index contributed by atoms with van der Waals surface area (Å²) >= 11 is 0.